The van der Waals surface area contributed by atoms with Crippen molar-refractivity contribution in [2.75, 3.05) is 31.1 Å². The predicted molar refractivity (Wildman–Crippen MR) is 196 cm³/mol. The third-order valence-corrected chi connectivity index (χ3v) is 8.42. The summed E-state index contributed by atoms with van der Waals surface area (Å²) in [6, 6.07) is 25.0. The second-order valence-electron chi connectivity index (χ2n) is 11.9. The number of benzene rings is 3. The highest BCUT2D eigenvalue weighted by Crippen LogP contribution is 2.28. The van der Waals surface area contributed by atoms with E-state index in [1.165, 1.54) is 21.3 Å². The van der Waals surface area contributed by atoms with E-state index < -0.39 is 5.76 Å². The lowest BCUT2D eigenvalue weighted by atomic mass is 10.0. The standard InChI is InChI=1S/C41H47N3O4/c1-2-3-4-5-6-7-8-9-10-11-12-13-17-26-39(45)47-33-44-38-25-19-24-37(40(38)48-41(44)46)43-29-27-42(28-30-43)32-34-20-18-23-36(31-34)35-21-15-14-16-22-35/h3-4,6-7,9-10,12-16,18-25,31H,2,5,8,11,17,26-30,32-33H2,1H3. The zero-order valence-electron chi connectivity index (χ0n) is 28.0. The summed E-state index contributed by atoms with van der Waals surface area (Å²) in [4.78, 5) is 29.9. The summed E-state index contributed by atoms with van der Waals surface area (Å²) in [5.41, 5.74) is 5.80. The first kappa shape index (κ1) is 34.5. The number of rotatable bonds is 16. The molecule has 0 saturated carbocycles. The summed E-state index contributed by atoms with van der Waals surface area (Å²) in [6.07, 6.45) is 21.7. The van der Waals surface area contributed by atoms with Gasteiger partial charge in [-0.15, -0.1) is 0 Å². The van der Waals surface area contributed by atoms with Crippen LogP contribution >= 0.6 is 0 Å². The van der Waals surface area contributed by atoms with E-state index >= 15 is 0 Å². The van der Waals surface area contributed by atoms with Crippen LogP contribution in [-0.4, -0.2) is 41.6 Å². The summed E-state index contributed by atoms with van der Waals surface area (Å²) < 4.78 is 12.6. The van der Waals surface area contributed by atoms with E-state index in [0.717, 1.165) is 64.1 Å². The van der Waals surface area contributed by atoms with Gasteiger partial charge in [0, 0.05) is 39.1 Å². The minimum Gasteiger partial charge on any atom is -0.444 e. The highest BCUT2D eigenvalue weighted by atomic mass is 16.5. The second kappa shape index (κ2) is 18.5. The van der Waals surface area contributed by atoms with Gasteiger partial charge in [-0.25, -0.2) is 9.36 Å². The van der Waals surface area contributed by atoms with Gasteiger partial charge in [0.1, 0.15) is 0 Å². The molecule has 0 N–H and O–H groups in total. The Kier molecular flexibility index (Phi) is 13.2. The number of nitrogens with zero attached hydrogens (tertiary/aromatic N) is 3. The van der Waals surface area contributed by atoms with Gasteiger partial charge < -0.3 is 14.1 Å². The molecule has 7 heteroatoms. The Morgan fingerprint density at radius 3 is 2.17 bits per heavy atom. The molecule has 0 bridgehead atoms. The summed E-state index contributed by atoms with van der Waals surface area (Å²) in [7, 11) is 0. The molecule has 5 rings (SSSR count). The Balaban J connectivity index is 1.07. The highest BCUT2D eigenvalue weighted by molar-refractivity contribution is 5.87. The van der Waals surface area contributed by atoms with Crippen LogP contribution in [0.1, 0.15) is 51.0 Å². The van der Waals surface area contributed by atoms with Crippen molar-refractivity contribution < 1.29 is 13.9 Å². The van der Waals surface area contributed by atoms with Crippen molar-refractivity contribution in [3.8, 4) is 11.1 Å². The van der Waals surface area contributed by atoms with Gasteiger partial charge in [-0.1, -0.05) is 110 Å². The Morgan fingerprint density at radius 1 is 0.771 bits per heavy atom. The number of aromatic nitrogens is 1. The lowest BCUT2D eigenvalue weighted by Gasteiger charge is -2.36. The monoisotopic (exact) mass is 645 g/mol. The van der Waals surface area contributed by atoms with E-state index in [4.69, 9.17) is 9.15 Å². The van der Waals surface area contributed by atoms with Gasteiger partial charge >= 0.3 is 11.7 Å². The van der Waals surface area contributed by atoms with E-state index in [1.807, 2.05) is 30.3 Å². The molecule has 1 fully saturated rings. The summed E-state index contributed by atoms with van der Waals surface area (Å²) in [5, 5.41) is 0. The topological polar surface area (TPSA) is 67.9 Å². The Hall–Kier alpha value is -4.88. The first-order valence-corrected chi connectivity index (χ1v) is 17.1. The minimum atomic E-state index is -0.527. The maximum absolute atomic E-state index is 12.8. The van der Waals surface area contributed by atoms with Gasteiger partial charge in [0.05, 0.1) is 11.2 Å². The molecule has 1 saturated heterocycles. The second-order valence-corrected chi connectivity index (χ2v) is 11.9. The van der Waals surface area contributed by atoms with Gasteiger partial charge in [0.25, 0.3) is 0 Å². The molecule has 0 spiro atoms. The molecule has 0 radical (unpaired) electrons. The molecule has 0 unspecified atom stereocenters. The summed E-state index contributed by atoms with van der Waals surface area (Å²) >= 11 is 0. The van der Waals surface area contributed by atoms with Gasteiger partial charge in [0.2, 0.25) is 0 Å². The van der Waals surface area contributed by atoms with Gasteiger partial charge in [-0.05, 0) is 67.0 Å². The van der Waals surface area contributed by atoms with Crippen LogP contribution in [0.5, 0.6) is 0 Å². The largest absolute Gasteiger partial charge is 0.444 e. The molecule has 0 amide bonds. The fourth-order valence-electron chi connectivity index (χ4n) is 5.83. The Labute approximate surface area is 284 Å². The first-order chi connectivity index (χ1) is 23.6. The van der Waals surface area contributed by atoms with Gasteiger partial charge in [-0.3, -0.25) is 9.69 Å². The predicted octanol–water partition coefficient (Wildman–Crippen LogP) is 8.67. The molecule has 48 heavy (non-hydrogen) atoms. The van der Waals surface area contributed by atoms with Gasteiger partial charge in [0.15, 0.2) is 12.3 Å². The third-order valence-electron chi connectivity index (χ3n) is 8.42. The van der Waals surface area contributed by atoms with E-state index in [2.05, 4.69) is 108 Å². The molecule has 2 heterocycles. The number of carbonyl (C=O) groups is 1. The van der Waals surface area contributed by atoms with Crippen molar-refractivity contribution >= 4 is 22.8 Å². The zero-order chi connectivity index (χ0) is 33.4. The molecule has 7 nitrogen and oxygen atoms in total. The lowest BCUT2D eigenvalue weighted by molar-refractivity contribution is -0.147. The van der Waals surface area contributed by atoms with Crippen LogP contribution in [-0.2, 0) is 22.8 Å². The Morgan fingerprint density at radius 2 is 1.44 bits per heavy atom. The molecule has 1 aliphatic rings. The lowest BCUT2D eigenvalue weighted by Crippen LogP contribution is -2.46. The van der Waals surface area contributed by atoms with Crippen LogP contribution in [0.25, 0.3) is 22.2 Å². The number of anilines is 1. The van der Waals surface area contributed by atoms with Crippen molar-refractivity contribution in [3.63, 3.8) is 0 Å². The fraction of sp³-hybridized carbons (Fsp3) is 0.317. The summed E-state index contributed by atoms with van der Waals surface area (Å²) in [6.45, 7) is 6.28. The van der Waals surface area contributed by atoms with Crippen LogP contribution in [0.3, 0.4) is 0 Å². The van der Waals surface area contributed by atoms with E-state index in [9.17, 15) is 9.59 Å². The smallest absolute Gasteiger partial charge is 0.422 e. The molecule has 0 atom stereocenters. The van der Waals surface area contributed by atoms with Crippen LogP contribution in [0.15, 0.2) is 131 Å². The number of hydrogen-bond donors (Lipinski definition) is 0. The van der Waals surface area contributed by atoms with Crippen molar-refractivity contribution in [1.29, 1.82) is 0 Å². The minimum absolute atomic E-state index is 0.169. The molecule has 250 valence electrons. The third kappa shape index (κ3) is 10.1. The first-order valence-electron chi connectivity index (χ1n) is 17.1. The zero-order valence-corrected chi connectivity index (χ0v) is 28.0. The van der Waals surface area contributed by atoms with Crippen LogP contribution in [0.2, 0.25) is 0 Å². The average molecular weight is 646 g/mol. The number of allylic oxidation sites excluding steroid dienone is 8. The van der Waals surface area contributed by atoms with Crippen LogP contribution in [0.4, 0.5) is 5.69 Å². The number of ether oxygens (including phenoxy) is 1. The van der Waals surface area contributed by atoms with Crippen molar-refractivity contribution in [2.45, 2.75) is 58.7 Å². The fourth-order valence-corrected chi connectivity index (χ4v) is 5.83. The number of fused-ring (bicyclic) bond motifs is 1. The average Bonchev–Trinajstić information content (AvgIpc) is 3.45. The Bertz CT molecular complexity index is 1770. The molecular formula is C41H47N3O4. The number of esters is 1. The summed E-state index contributed by atoms with van der Waals surface area (Å²) in [5.74, 6) is -0.874. The normalized spacial score (nSPS) is 14.4. The number of oxazole rings is 1. The van der Waals surface area contributed by atoms with E-state index in [1.54, 1.807) is 0 Å². The van der Waals surface area contributed by atoms with Crippen LogP contribution in [0, 0.1) is 0 Å². The number of hydrogen-bond acceptors (Lipinski definition) is 6. The van der Waals surface area contributed by atoms with Crippen molar-refractivity contribution in [2.24, 2.45) is 0 Å². The maximum atomic E-state index is 12.8. The van der Waals surface area contributed by atoms with E-state index in [0.29, 0.717) is 17.5 Å². The molecule has 0 aliphatic carbocycles. The SMILES string of the molecule is CCC=CCC=CCC=CCC=CCCC(=O)OCn1c(=O)oc2c(N3CCN(Cc4cccc(-c5ccccc5)c4)CC3)cccc21. The van der Waals surface area contributed by atoms with Crippen molar-refractivity contribution in [1.82, 2.24) is 9.47 Å². The number of piperazine rings is 1. The molecule has 3 aromatic carbocycles. The molecule has 4 aromatic rings. The van der Waals surface area contributed by atoms with Crippen molar-refractivity contribution in [3.05, 3.63) is 138 Å². The maximum Gasteiger partial charge on any atom is 0.422 e. The van der Waals surface area contributed by atoms with Crippen LogP contribution < -0.4 is 10.7 Å². The molecule has 1 aromatic heterocycles. The highest BCUT2D eigenvalue weighted by Gasteiger charge is 2.22. The molecule has 1 aliphatic heterocycles. The number of para-hydroxylation sites is 1. The van der Waals surface area contributed by atoms with Gasteiger partial charge in [-0.2, -0.15) is 0 Å². The number of carbonyl (C=O) groups excluding carboxylic acids is 1. The molecular weight excluding hydrogens is 598 g/mol. The quantitative estimate of drug-likeness (QED) is 0.0898. The van der Waals surface area contributed by atoms with E-state index in [-0.39, 0.29) is 19.1 Å².